The van der Waals surface area contributed by atoms with Crippen LogP contribution in [0.2, 0.25) is 5.02 Å². The van der Waals surface area contributed by atoms with Gasteiger partial charge in [0.15, 0.2) is 5.60 Å². The summed E-state index contributed by atoms with van der Waals surface area (Å²) in [5.74, 6) is -1.22. The third-order valence-electron chi connectivity index (χ3n) is 4.27. The number of halogens is 7. The Balaban J connectivity index is 2.15. The van der Waals surface area contributed by atoms with Gasteiger partial charge in [-0.1, -0.05) is 23.7 Å². The Bertz CT molecular complexity index is 999. The van der Waals surface area contributed by atoms with Crippen molar-refractivity contribution in [1.82, 2.24) is 25.2 Å². The Hall–Kier alpha value is -2.73. The normalized spacial score (nSPS) is 15.2. The zero-order valence-corrected chi connectivity index (χ0v) is 15.5. The van der Waals surface area contributed by atoms with Crippen LogP contribution >= 0.6 is 11.6 Å². The van der Waals surface area contributed by atoms with E-state index in [-0.39, 0.29) is 16.3 Å². The zero-order chi connectivity index (χ0) is 22.1. The fourth-order valence-corrected chi connectivity index (χ4v) is 3.14. The summed E-state index contributed by atoms with van der Waals surface area (Å²) in [6.07, 6.45) is -7.66. The van der Waals surface area contributed by atoms with Gasteiger partial charge in [0.05, 0.1) is 12.1 Å². The highest BCUT2D eigenvalue weighted by Gasteiger charge is 2.52. The molecule has 2 heterocycles. The van der Waals surface area contributed by atoms with Gasteiger partial charge in [-0.05, 0) is 34.2 Å². The Kier molecular flexibility index (Phi) is 5.99. The van der Waals surface area contributed by atoms with Crippen molar-refractivity contribution < 1.29 is 31.4 Å². The molecular weight excluding hydrogens is 440 g/mol. The smallest absolute Gasteiger partial charge is 0.377 e. The van der Waals surface area contributed by atoms with Crippen LogP contribution < -0.4 is 0 Å². The SMILES string of the molecule is OC(c1ccc(Cl)cc1F)(C(F)F)C(c1ccc(CC(F)(F)F)cn1)n1cnnn1. The maximum atomic E-state index is 14.5. The molecule has 0 amide bonds. The van der Waals surface area contributed by atoms with Crippen molar-refractivity contribution in [3.8, 4) is 0 Å². The van der Waals surface area contributed by atoms with E-state index in [1.165, 1.54) is 0 Å². The van der Waals surface area contributed by atoms with Crippen LogP contribution in [0.25, 0.3) is 0 Å². The Morgan fingerprint density at radius 1 is 1.13 bits per heavy atom. The van der Waals surface area contributed by atoms with E-state index in [1.807, 2.05) is 0 Å². The summed E-state index contributed by atoms with van der Waals surface area (Å²) in [5.41, 5.74) is -4.60. The summed E-state index contributed by atoms with van der Waals surface area (Å²) >= 11 is 5.66. The standard InChI is InChI=1S/C17H12ClF6N5O/c18-10-2-3-11(12(19)5-10)17(30,15(20)21)14(29-8-26-27-28-29)13-4-1-9(7-25-13)6-16(22,23)24/h1-5,7-8,14-15,30H,6H2. The second-order valence-corrected chi connectivity index (χ2v) is 6.76. The van der Waals surface area contributed by atoms with E-state index >= 15 is 0 Å². The number of aromatic nitrogens is 5. The summed E-state index contributed by atoms with van der Waals surface area (Å²) in [7, 11) is 0. The summed E-state index contributed by atoms with van der Waals surface area (Å²) in [5, 5.41) is 21.0. The van der Waals surface area contributed by atoms with E-state index in [4.69, 9.17) is 11.6 Å². The molecule has 13 heteroatoms. The van der Waals surface area contributed by atoms with Gasteiger partial charge in [-0.15, -0.1) is 5.10 Å². The molecule has 3 aromatic rings. The molecule has 30 heavy (non-hydrogen) atoms. The van der Waals surface area contributed by atoms with Crippen molar-refractivity contribution in [3.05, 3.63) is 70.5 Å². The van der Waals surface area contributed by atoms with Crippen LogP contribution in [0, 0.1) is 5.82 Å². The molecule has 3 rings (SSSR count). The second kappa shape index (κ2) is 8.19. The first kappa shape index (κ1) is 22.0. The van der Waals surface area contributed by atoms with Crippen LogP contribution in [0.4, 0.5) is 26.3 Å². The number of nitrogens with zero attached hydrogens (tertiary/aromatic N) is 5. The number of aliphatic hydroxyl groups is 1. The van der Waals surface area contributed by atoms with Gasteiger partial charge in [0.2, 0.25) is 0 Å². The van der Waals surface area contributed by atoms with E-state index < -0.39 is 42.0 Å². The Labute approximate surface area is 170 Å². The first-order chi connectivity index (χ1) is 14.0. The van der Waals surface area contributed by atoms with Gasteiger partial charge < -0.3 is 5.11 Å². The lowest BCUT2D eigenvalue weighted by atomic mass is 9.84. The number of tetrazole rings is 1. The zero-order valence-electron chi connectivity index (χ0n) is 14.7. The Morgan fingerprint density at radius 2 is 1.87 bits per heavy atom. The molecule has 0 spiro atoms. The molecule has 2 atom stereocenters. The van der Waals surface area contributed by atoms with Crippen molar-refractivity contribution in [2.45, 2.75) is 30.7 Å². The van der Waals surface area contributed by atoms with Crippen molar-refractivity contribution >= 4 is 11.6 Å². The lowest BCUT2D eigenvalue weighted by Crippen LogP contribution is -2.45. The fourth-order valence-electron chi connectivity index (χ4n) is 2.98. The van der Waals surface area contributed by atoms with E-state index in [0.717, 1.165) is 42.9 Å². The van der Waals surface area contributed by atoms with Gasteiger partial charge in [0.1, 0.15) is 18.2 Å². The first-order valence-electron chi connectivity index (χ1n) is 8.22. The van der Waals surface area contributed by atoms with Gasteiger partial charge in [0, 0.05) is 16.8 Å². The summed E-state index contributed by atoms with van der Waals surface area (Å²) in [6, 6.07) is 2.86. The van der Waals surface area contributed by atoms with Crippen LogP contribution in [0.5, 0.6) is 0 Å². The minimum Gasteiger partial charge on any atom is -0.377 e. The fraction of sp³-hybridized carbons (Fsp3) is 0.294. The summed E-state index contributed by atoms with van der Waals surface area (Å²) < 4.78 is 81.2. The molecule has 2 unspecified atom stereocenters. The maximum absolute atomic E-state index is 14.5. The van der Waals surface area contributed by atoms with E-state index in [9.17, 15) is 31.4 Å². The van der Waals surface area contributed by atoms with Gasteiger partial charge >= 0.3 is 6.18 Å². The predicted molar refractivity (Wildman–Crippen MR) is 91.3 cm³/mol. The number of hydrogen-bond acceptors (Lipinski definition) is 5. The number of pyridine rings is 1. The number of hydrogen-bond donors (Lipinski definition) is 1. The van der Waals surface area contributed by atoms with E-state index in [0.29, 0.717) is 4.68 Å². The number of rotatable bonds is 6. The molecule has 0 bridgehead atoms. The van der Waals surface area contributed by atoms with Gasteiger partial charge in [-0.25, -0.2) is 17.9 Å². The lowest BCUT2D eigenvalue weighted by Gasteiger charge is -2.35. The van der Waals surface area contributed by atoms with Crippen LogP contribution in [0.3, 0.4) is 0 Å². The van der Waals surface area contributed by atoms with E-state index in [1.54, 1.807) is 0 Å². The first-order valence-corrected chi connectivity index (χ1v) is 8.60. The average molecular weight is 452 g/mol. The van der Waals surface area contributed by atoms with Crippen LogP contribution in [0.1, 0.15) is 22.9 Å². The highest BCUT2D eigenvalue weighted by molar-refractivity contribution is 6.30. The highest BCUT2D eigenvalue weighted by Crippen LogP contribution is 2.43. The third kappa shape index (κ3) is 4.38. The summed E-state index contributed by atoms with van der Waals surface area (Å²) in [6.45, 7) is 0. The second-order valence-electron chi connectivity index (χ2n) is 6.33. The topological polar surface area (TPSA) is 76.7 Å². The minimum atomic E-state index is -4.51. The quantitative estimate of drug-likeness (QED) is 0.578. The predicted octanol–water partition coefficient (Wildman–Crippen LogP) is 3.71. The van der Waals surface area contributed by atoms with E-state index in [2.05, 4.69) is 20.5 Å². The van der Waals surface area contributed by atoms with Crippen LogP contribution in [-0.2, 0) is 12.0 Å². The molecule has 1 aromatic carbocycles. The molecule has 2 aromatic heterocycles. The van der Waals surface area contributed by atoms with Crippen molar-refractivity contribution in [3.63, 3.8) is 0 Å². The molecule has 0 fully saturated rings. The van der Waals surface area contributed by atoms with Crippen LogP contribution in [0.15, 0.2) is 42.9 Å². The minimum absolute atomic E-state index is 0.0959. The van der Waals surface area contributed by atoms with Crippen molar-refractivity contribution in [2.75, 3.05) is 0 Å². The van der Waals surface area contributed by atoms with Crippen molar-refractivity contribution in [1.29, 1.82) is 0 Å². The molecule has 0 aliphatic heterocycles. The molecule has 0 saturated heterocycles. The molecule has 1 N–H and O–H groups in total. The Morgan fingerprint density at radius 3 is 2.37 bits per heavy atom. The largest absolute Gasteiger partial charge is 0.393 e. The van der Waals surface area contributed by atoms with Gasteiger partial charge in [0.25, 0.3) is 6.43 Å². The molecular formula is C17H12ClF6N5O. The molecule has 0 aliphatic rings. The van der Waals surface area contributed by atoms with Crippen LogP contribution in [-0.4, -0.2) is 42.9 Å². The molecule has 160 valence electrons. The molecule has 0 saturated carbocycles. The average Bonchev–Trinajstić information content (AvgIpc) is 3.15. The third-order valence-corrected chi connectivity index (χ3v) is 4.51. The molecule has 0 aliphatic carbocycles. The molecule has 6 nitrogen and oxygen atoms in total. The number of alkyl halides is 5. The molecule has 0 radical (unpaired) electrons. The lowest BCUT2D eigenvalue weighted by molar-refractivity contribution is -0.131. The summed E-state index contributed by atoms with van der Waals surface area (Å²) in [4.78, 5) is 3.78. The van der Waals surface area contributed by atoms with Gasteiger partial charge in [-0.3, -0.25) is 4.98 Å². The van der Waals surface area contributed by atoms with Crippen molar-refractivity contribution in [2.24, 2.45) is 0 Å². The van der Waals surface area contributed by atoms with Gasteiger partial charge in [-0.2, -0.15) is 13.2 Å². The number of benzene rings is 1. The maximum Gasteiger partial charge on any atom is 0.393 e. The monoisotopic (exact) mass is 451 g/mol. The highest BCUT2D eigenvalue weighted by atomic mass is 35.5.